The number of hydrogen-bond donors (Lipinski definition) is 0. The van der Waals surface area contributed by atoms with Crippen molar-refractivity contribution in [3.63, 3.8) is 0 Å². The van der Waals surface area contributed by atoms with Gasteiger partial charge in [-0.3, -0.25) is 5.26 Å². The molecular formula is C24H38ClNSV. The molecule has 0 amide bonds. The van der Waals surface area contributed by atoms with E-state index in [1.165, 1.54) is 24.0 Å². The molecule has 0 bridgehead atoms. The van der Waals surface area contributed by atoms with Crippen molar-refractivity contribution in [3.8, 4) is 6.07 Å². The van der Waals surface area contributed by atoms with Gasteiger partial charge in [0, 0.05) is 0 Å². The minimum atomic E-state index is 0. The average molecular weight is 459 g/mol. The first kappa shape index (κ1) is 37.8. The molecule has 2 rings (SSSR count). The zero-order valence-corrected chi connectivity index (χ0v) is 22.1. The molecule has 0 atom stereocenters. The molecule has 0 heterocycles. The normalized spacial score (nSPS) is 7.32. The predicted molar refractivity (Wildman–Crippen MR) is 128 cm³/mol. The molecule has 0 saturated carbocycles. The van der Waals surface area contributed by atoms with Crippen LogP contribution in [0.15, 0.2) is 36.4 Å². The molecule has 157 valence electrons. The maximum absolute atomic E-state index is 8.45. The number of aryl methyl sites for hydroxylation is 3. The van der Waals surface area contributed by atoms with E-state index in [4.69, 9.17) is 16.9 Å². The van der Waals surface area contributed by atoms with Crippen LogP contribution in [0.3, 0.4) is 0 Å². The standard InChI is InChI=1S/C10H14.C8H5ClN.3C2H6.H2S.V/c1-3-4-10-7-5-9(2)6-8-10;1-6-2-7(5-10)4-8(9)3-6;3*1-2;;/h5-8H,3-4H2,1-2H3;2-3H,1H3;3*1-2H3;1H2;/q;-1;;;;;+2/p-1. The van der Waals surface area contributed by atoms with Crippen LogP contribution in [0.25, 0.3) is 0 Å². The van der Waals surface area contributed by atoms with Crippen molar-refractivity contribution in [2.45, 2.75) is 75.2 Å². The van der Waals surface area contributed by atoms with E-state index >= 15 is 0 Å². The Labute approximate surface area is 199 Å². The Morgan fingerprint density at radius 3 is 1.71 bits per heavy atom. The Balaban J connectivity index is -0.0000000940. The molecule has 0 fully saturated rings. The fraction of sp³-hybridized carbons (Fsp3) is 0.458. The van der Waals surface area contributed by atoms with E-state index in [9.17, 15) is 0 Å². The maximum atomic E-state index is 8.45. The van der Waals surface area contributed by atoms with Crippen LogP contribution in [0.5, 0.6) is 0 Å². The van der Waals surface area contributed by atoms with Crippen LogP contribution in [-0.2, 0) is 38.5 Å². The van der Waals surface area contributed by atoms with Gasteiger partial charge < -0.3 is 13.5 Å². The van der Waals surface area contributed by atoms with Crippen molar-refractivity contribution in [1.29, 1.82) is 5.26 Å². The van der Waals surface area contributed by atoms with Gasteiger partial charge in [-0.15, -0.1) is 35.4 Å². The fourth-order valence-electron chi connectivity index (χ4n) is 1.77. The Morgan fingerprint density at radius 2 is 1.36 bits per heavy atom. The zero-order valence-electron chi connectivity index (χ0n) is 19.1. The van der Waals surface area contributed by atoms with Crippen LogP contribution < -0.4 is 0 Å². The van der Waals surface area contributed by atoms with E-state index in [0.29, 0.717) is 10.6 Å². The first-order valence-corrected chi connectivity index (χ1v) is 10.1. The summed E-state index contributed by atoms with van der Waals surface area (Å²) < 4.78 is 0. The quantitative estimate of drug-likeness (QED) is 0.258. The third-order valence-electron chi connectivity index (χ3n) is 2.76. The molecule has 0 aromatic heterocycles. The monoisotopic (exact) mass is 458 g/mol. The van der Waals surface area contributed by atoms with Crippen molar-refractivity contribution >= 4 is 25.1 Å². The summed E-state index contributed by atoms with van der Waals surface area (Å²) in [6.45, 7) is 18.2. The van der Waals surface area contributed by atoms with Crippen molar-refractivity contribution < 1.29 is 18.6 Å². The van der Waals surface area contributed by atoms with E-state index in [1.54, 1.807) is 12.1 Å². The van der Waals surface area contributed by atoms with E-state index < -0.39 is 0 Å². The minimum absolute atomic E-state index is 0. The van der Waals surface area contributed by atoms with Crippen LogP contribution in [0.1, 0.15) is 77.1 Å². The van der Waals surface area contributed by atoms with Crippen LogP contribution >= 0.6 is 11.6 Å². The Kier molecular flexibility index (Phi) is 38.3. The third kappa shape index (κ3) is 21.5. The summed E-state index contributed by atoms with van der Waals surface area (Å²) in [5, 5.41) is 8.94. The van der Waals surface area contributed by atoms with Gasteiger partial charge in [-0.25, -0.2) is 0 Å². The summed E-state index contributed by atoms with van der Waals surface area (Å²) in [6, 6.07) is 16.9. The first-order valence-electron chi connectivity index (χ1n) is 9.70. The van der Waals surface area contributed by atoms with Gasteiger partial charge in [0.25, 0.3) is 0 Å². The van der Waals surface area contributed by atoms with Gasteiger partial charge in [0.2, 0.25) is 0 Å². The SMILES string of the molecule is CC.CC.CC.CCCc1ccc(C)cc1.Cc1cc(Cl)[c-]c(C#N)c1.[SH-].[V+2]. The summed E-state index contributed by atoms with van der Waals surface area (Å²) in [7, 11) is 0. The number of rotatable bonds is 2. The number of thiol groups is 1. The molecule has 0 N–H and O–H groups in total. The topological polar surface area (TPSA) is 23.8 Å². The van der Waals surface area contributed by atoms with Crippen molar-refractivity contribution in [2.75, 3.05) is 0 Å². The van der Waals surface area contributed by atoms with E-state index in [-0.39, 0.29) is 32.1 Å². The summed E-state index contributed by atoms with van der Waals surface area (Å²) in [6.07, 6.45) is 2.45. The zero-order chi connectivity index (χ0) is 21.0. The molecular weight excluding hydrogens is 421 g/mol. The van der Waals surface area contributed by atoms with Crippen molar-refractivity contribution in [1.82, 2.24) is 0 Å². The third-order valence-corrected chi connectivity index (χ3v) is 2.96. The second kappa shape index (κ2) is 28.4. The molecule has 0 aliphatic rings. The molecule has 0 aliphatic carbocycles. The molecule has 1 nitrogen and oxygen atoms in total. The van der Waals surface area contributed by atoms with Gasteiger partial charge >= 0.3 is 18.6 Å². The predicted octanol–water partition coefficient (Wildman–Crippen LogP) is 8.07. The summed E-state index contributed by atoms with van der Waals surface area (Å²) in [4.78, 5) is 0. The molecule has 28 heavy (non-hydrogen) atoms. The maximum Gasteiger partial charge on any atom is 2.00 e. The average Bonchev–Trinajstić information content (AvgIpc) is 2.68. The first-order chi connectivity index (χ1) is 12.5. The van der Waals surface area contributed by atoms with E-state index in [1.807, 2.05) is 54.5 Å². The van der Waals surface area contributed by atoms with Gasteiger partial charge in [-0.2, -0.15) is 0 Å². The Bertz CT molecular complexity index is 572. The number of benzene rings is 2. The number of halogens is 1. The summed E-state index contributed by atoms with van der Waals surface area (Å²) >= 11 is 5.62. The Hall–Kier alpha value is -0.846. The van der Waals surface area contributed by atoms with Gasteiger partial charge in [0.1, 0.15) is 0 Å². The smallest absolute Gasteiger partial charge is 0.813 e. The Morgan fingerprint density at radius 1 is 0.893 bits per heavy atom. The van der Waals surface area contributed by atoms with E-state index in [2.05, 4.69) is 44.2 Å². The van der Waals surface area contributed by atoms with Crippen molar-refractivity contribution in [2.24, 2.45) is 0 Å². The molecule has 2 aromatic carbocycles. The fourth-order valence-corrected chi connectivity index (χ4v) is 2.05. The van der Waals surface area contributed by atoms with Gasteiger partial charge in [0.05, 0.1) is 0 Å². The summed E-state index contributed by atoms with van der Waals surface area (Å²) in [5.74, 6) is 0. The van der Waals surface area contributed by atoms with Crippen LogP contribution in [0, 0.1) is 31.2 Å². The second-order valence-corrected chi connectivity index (χ2v) is 5.17. The molecule has 4 heteroatoms. The molecule has 0 spiro atoms. The molecule has 0 unspecified atom stereocenters. The van der Waals surface area contributed by atoms with Crippen LogP contribution in [0.2, 0.25) is 5.02 Å². The molecule has 2 aromatic rings. The number of hydrogen-bond acceptors (Lipinski definition) is 2. The largest absolute Gasteiger partial charge is 2.00 e. The van der Waals surface area contributed by atoms with Crippen molar-refractivity contribution in [3.05, 3.63) is 69.7 Å². The van der Waals surface area contributed by atoms with Gasteiger partial charge in [0.15, 0.2) is 0 Å². The molecule has 1 radical (unpaired) electrons. The van der Waals surface area contributed by atoms with E-state index in [0.717, 1.165) is 5.56 Å². The van der Waals surface area contributed by atoms with Crippen LogP contribution in [0.4, 0.5) is 0 Å². The molecule has 0 saturated heterocycles. The molecule has 0 aliphatic heterocycles. The van der Waals surface area contributed by atoms with Gasteiger partial charge in [-0.05, 0) is 30.0 Å². The van der Waals surface area contributed by atoms with Crippen LogP contribution in [-0.4, -0.2) is 0 Å². The summed E-state index contributed by atoms with van der Waals surface area (Å²) in [5.41, 5.74) is 4.28. The minimum Gasteiger partial charge on any atom is -0.813 e. The number of nitriles is 1. The second-order valence-electron chi connectivity index (χ2n) is 4.77. The van der Waals surface area contributed by atoms with Gasteiger partial charge in [-0.1, -0.05) is 97.2 Å². The number of nitrogens with zero attached hydrogens (tertiary/aromatic N) is 1.